The number of anilines is 1. The van der Waals surface area contributed by atoms with Crippen molar-refractivity contribution in [1.82, 2.24) is 4.98 Å². The van der Waals surface area contributed by atoms with E-state index in [9.17, 15) is 4.79 Å². The Morgan fingerprint density at radius 1 is 1.10 bits per heavy atom. The number of H-pyrrole nitrogens is 1. The van der Waals surface area contributed by atoms with E-state index in [1.807, 2.05) is 24.3 Å². The molecule has 0 bridgehead atoms. The van der Waals surface area contributed by atoms with Gasteiger partial charge in [0.2, 0.25) is 0 Å². The number of hydrogen-bond acceptors (Lipinski definition) is 5. The summed E-state index contributed by atoms with van der Waals surface area (Å²) in [5.41, 5.74) is 2.20. The van der Waals surface area contributed by atoms with Crippen molar-refractivity contribution < 1.29 is 19.0 Å². The van der Waals surface area contributed by atoms with Crippen LogP contribution in [0.2, 0.25) is 0 Å². The SMILES string of the molecule is COC(=O)c1ccc(CNc2ccc(OC)c(OC)c2)[nH]1. The molecule has 0 saturated carbocycles. The number of hydrogen-bond donors (Lipinski definition) is 2. The van der Waals surface area contributed by atoms with E-state index in [1.165, 1.54) is 7.11 Å². The second kappa shape index (κ2) is 6.69. The second-order valence-corrected chi connectivity index (χ2v) is 4.31. The van der Waals surface area contributed by atoms with Gasteiger partial charge in [0.1, 0.15) is 5.69 Å². The molecule has 1 aromatic carbocycles. The summed E-state index contributed by atoms with van der Waals surface area (Å²) >= 11 is 0. The van der Waals surface area contributed by atoms with E-state index in [4.69, 9.17) is 9.47 Å². The van der Waals surface area contributed by atoms with Gasteiger partial charge in [-0.1, -0.05) is 0 Å². The van der Waals surface area contributed by atoms with Crippen LogP contribution in [-0.4, -0.2) is 32.3 Å². The van der Waals surface area contributed by atoms with Crippen LogP contribution in [0.3, 0.4) is 0 Å². The number of benzene rings is 1. The molecule has 0 fully saturated rings. The van der Waals surface area contributed by atoms with Crippen LogP contribution < -0.4 is 14.8 Å². The van der Waals surface area contributed by atoms with E-state index in [2.05, 4.69) is 15.0 Å². The Kier molecular flexibility index (Phi) is 4.71. The van der Waals surface area contributed by atoms with Crippen LogP contribution in [0.5, 0.6) is 11.5 Å². The Morgan fingerprint density at radius 2 is 1.86 bits per heavy atom. The van der Waals surface area contributed by atoms with Crippen LogP contribution >= 0.6 is 0 Å². The number of esters is 1. The van der Waals surface area contributed by atoms with Crippen LogP contribution in [0.1, 0.15) is 16.2 Å². The Balaban J connectivity index is 2.02. The Bertz CT molecular complexity index is 622. The van der Waals surface area contributed by atoms with E-state index in [0.29, 0.717) is 23.7 Å². The smallest absolute Gasteiger partial charge is 0.354 e. The zero-order valence-electron chi connectivity index (χ0n) is 12.2. The summed E-state index contributed by atoms with van der Waals surface area (Å²) in [6, 6.07) is 9.10. The van der Waals surface area contributed by atoms with Crippen molar-refractivity contribution in [3.05, 3.63) is 41.7 Å². The summed E-state index contributed by atoms with van der Waals surface area (Å²) in [4.78, 5) is 14.3. The lowest BCUT2D eigenvalue weighted by Crippen LogP contribution is -2.04. The highest BCUT2D eigenvalue weighted by Gasteiger charge is 2.08. The first kappa shape index (κ1) is 14.8. The standard InChI is InChI=1S/C15H18N2O4/c1-19-13-7-5-10(8-14(13)20-2)16-9-11-4-6-12(17-11)15(18)21-3/h4-8,16-17H,9H2,1-3H3. The van der Waals surface area contributed by atoms with Gasteiger partial charge < -0.3 is 24.5 Å². The molecule has 2 rings (SSSR count). The van der Waals surface area contributed by atoms with Crippen molar-refractivity contribution in [2.24, 2.45) is 0 Å². The highest BCUT2D eigenvalue weighted by atomic mass is 16.5. The molecule has 0 aliphatic rings. The number of aromatic amines is 1. The molecule has 0 aliphatic carbocycles. The van der Waals surface area contributed by atoms with Gasteiger partial charge in [-0.25, -0.2) is 4.79 Å². The maximum atomic E-state index is 11.4. The summed E-state index contributed by atoms with van der Waals surface area (Å²) in [5, 5.41) is 3.24. The highest BCUT2D eigenvalue weighted by molar-refractivity contribution is 5.87. The first-order valence-electron chi connectivity index (χ1n) is 6.40. The minimum Gasteiger partial charge on any atom is -0.493 e. The highest BCUT2D eigenvalue weighted by Crippen LogP contribution is 2.29. The van der Waals surface area contributed by atoms with Crippen LogP contribution in [0.25, 0.3) is 0 Å². The fraction of sp³-hybridized carbons (Fsp3) is 0.267. The minimum absolute atomic E-state index is 0.382. The number of aromatic nitrogens is 1. The summed E-state index contributed by atoms with van der Waals surface area (Å²) < 4.78 is 15.1. The van der Waals surface area contributed by atoms with Gasteiger partial charge in [0, 0.05) is 17.4 Å². The third-order valence-electron chi connectivity index (χ3n) is 3.02. The predicted molar refractivity (Wildman–Crippen MR) is 79.0 cm³/mol. The molecule has 1 heterocycles. The maximum Gasteiger partial charge on any atom is 0.354 e. The van der Waals surface area contributed by atoms with E-state index >= 15 is 0 Å². The largest absolute Gasteiger partial charge is 0.493 e. The molecule has 2 N–H and O–H groups in total. The Hall–Kier alpha value is -2.63. The fourth-order valence-electron chi connectivity index (χ4n) is 1.92. The van der Waals surface area contributed by atoms with Crippen LogP contribution in [0.15, 0.2) is 30.3 Å². The maximum absolute atomic E-state index is 11.4. The number of ether oxygens (including phenoxy) is 3. The molecular weight excluding hydrogens is 272 g/mol. The number of carbonyl (C=O) groups is 1. The number of carbonyl (C=O) groups excluding carboxylic acids is 1. The first-order valence-corrected chi connectivity index (χ1v) is 6.40. The summed E-state index contributed by atoms with van der Waals surface area (Å²) in [7, 11) is 4.54. The van der Waals surface area contributed by atoms with E-state index in [1.54, 1.807) is 20.3 Å². The zero-order chi connectivity index (χ0) is 15.2. The predicted octanol–water partition coefficient (Wildman–Crippen LogP) is 2.43. The zero-order valence-corrected chi connectivity index (χ0v) is 12.2. The first-order chi connectivity index (χ1) is 10.2. The molecule has 0 spiro atoms. The van der Waals surface area contributed by atoms with Crippen molar-refractivity contribution >= 4 is 11.7 Å². The quantitative estimate of drug-likeness (QED) is 0.799. The molecule has 0 radical (unpaired) electrons. The molecule has 112 valence electrons. The molecule has 0 amide bonds. The van der Waals surface area contributed by atoms with Crippen molar-refractivity contribution in [2.45, 2.75) is 6.54 Å². The lowest BCUT2D eigenvalue weighted by molar-refractivity contribution is 0.0594. The van der Waals surface area contributed by atoms with Crippen molar-refractivity contribution in [3.8, 4) is 11.5 Å². The summed E-state index contributed by atoms with van der Waals surface area (Å²) in [5.74, 6) is 0.951. The van der Waals surface area contributed by atoms with Gasteiger partial charge in [-0.05, 0) is 24.3 Å². The van der Waals surface area contributed by atoms with Crippen LogP contribution in [0.4, 0.5) is 5.69 Å². The van der Waals surface area contributed by atoms with E-state index in [-0.39, 0.29) is 5.97 Å². The van der Waals surface area contributed by atoms with Gasteiger partial charge in [0.15, 0.2) is 11.5 Å². The lowest BCUT2D eigenvalue weighted by Gasteiger charge is -2.10. The molecule has 0 aliphatic heterocycles. The van der Waals surface area contributed by atoms with Crippen LogP contribution in [-0.2, 0) is 11.3 Å². The topological polar surface area (TPSA) is 72.6 Å². The monoisotopic (exact) mass is 290 g/mol. The molecule has 1 aromatic heterocycles. The van der Waals surface area contributed by atoms with Crippen molar-refractivity contribution in [1.29, 1.82) is 0 Å². The summed E-state index contributed by atoms with van der Waals surface area (Å²) in [6.45, 7) is 0.548. The molecule has 0 unspecified atom stereocenters. The van der Waals surface area contributed by atoms with Crippen molar-refractivity contribution in [3.63, 3.8) is 0 Å². The lowest BCUT2D eigenvalue weighted by atomic mass is 10.2. The molecule has 0 saturated heterocycles. The molecule has 0 atom stereocenters. The van der Waals surface area contributed by atoms with Gasteiger partial charge in [0.05, 0.1) is 27.9 Å². The molecule has 6 nitrogen and oxygen atoms in total. The minimum atomic E-state index is -0.382. The Morgan fingerprint density at radius 3 is 2.52 bits per heavy atom. The number of rotatable bonds is 6. The van der Waals surface area contributed by atoms with Gasteiger partial charge in [-0.3, -0.25) is 0 Å². The second-order valence-electron chi connectivity index (χ2n) is 4.31. The normalized spacial score (nSPS) is 10.0. The third-order valence-corrected chi connectivity index (χ3v) is 3.02. The summed E-state index contributed by atoms with van der Waals surface area (Å²) in [6.07, 6.45) is 0. The average molecular weight is 290 g/mol. The van der Waals surface area contributed by atoms with E-state index < -0.39 is 0 Å². The molecule has 21 heavy (non-hydrogen) atoms. The van der Waals surface area contributed by atoms with Gasteiger partial charge in [0.25, 0.3) is 0 Å². The molecule has 6 heteroatoms. The van der Waals surface area contributed by atoms with Crippen LogP contribution in [0, 0.1) is 0 Å². The van der Waals surface area contributed by atoms with Gasteiger partial charge in [-0.2, -0.15) is 0 Å². The number of methoxy groups -OCH3 is 3. The third kappa shape index (κ3) is 3.47. The van der Waals surface area contributed by atoms with E-state index in [0.717, 1.165) is 11.4 Å². The average Bonchev–Trinajstić information content (AvgIpc) is 3.00. The molecule has 2 aromatic rings. The number of nitrogens with one attached hydrogen (secondary N) is 2. The molecular formula is C15H18N2O4. The van der Waals surface area contributed by atoms with Crippen molar-refractivity contribution in [2.75, 3.05) is 26.6 Å². The fourth-order valence-corrected chi connectivity index (χ4v) is 1.92. The van der Waals surface area contributed by atoms with Gasteiger partial charge in [-0.15, -0.1) is 0 Å². The Labute approximate surface area is 123 Å². The van der Waals surface area contributed by atoms with Gasteiger partial charge >= 0.3 is 5.97 Å².